The molecule has 0 aromatic heterocycles. The Morgan fingerprint density at radius 1 is 1.06 bits per heavy atom. The van der Waals surface area contributed by atoms with E-state index < -0.39 is 0 Å². The van der Waals surface area contributed by atoms with Gasteiger partial charge in [-0.25, -0.2) is 4.79 Å². The number of benzene rings is 2. The molecule has 2 heterocycles. The molecule has 33 heavy (non-hydrogen) atoms. The third kappa shape index (κ3) is 4.24. The first kappa shape index (κ1) is 22.0. The Hall–Kier alpha value is -2.86. The first-order valence-corrected chi connectivity index (χ1v) is 12.1. The summed E-state index contributed by atoms with van der Waals surface area (Å²) >= 11 is 0. The molecule has 2 aromatic carbocycles. The zero-order valence-corrected chi connectivity index (χ0v) is 19.6. The average Bonchev–Trinajstić information content (AvgIpc) is 3.38. The van der Waals surface area contributed by atoms with Crippen LogP contribution in [0, 0.1) is 0 Å². The van der Waals surface area contributed by atoms with Crippen LogP contribution in [-0.2, 0) is 13.0 Å². The predicted molar refractivity (Wildman–Crippen MR) is 128 cm³/mol. The van der Waals surface area contributed by atoms with E-state index in [-0.39, 0.29) is 12.0 Å². The van der Waals surface area contributed by atoms with Crippen LogP contribution in [0.25, 0.3) is 0 Å². The maximum atomic E-state index is 12.6. The Bertz CT molecular complexity index is 1050. The second kappa shape index (κ2) is 9.18. The quantitative estimate of drug-likeness (QED) is 0.620. The normalized spacial score (nSPS) is 21.5. The molecule has 1 saturated heterocycles. The fourth-order valence-electron chi connectivity index (χ4n) is 5.83. The lowest BCUT2D eigenvalue weighted by Crippen LogP contribution is -2.36. The lowest BCUT2D eigenvalue weighted by Gasteiger charge is -2.34. The summed E-state index contributed by atoms with van der Waals surface area (Å²) in [6.45, 7) is 3.78. The van der Waals surface area contributed by atoms with E-state index in [1.807, 2.05) is 35.2 Å². The summed E-state index contributed by atoms with van der Waals surface area (Å²) in [6, 6.07) is 14.7. The number of likely N-dealkylation sites (tertiary alicyclic amines) is 1. The Kier molecular flexibility index (Phi) is 6.11. The summed E-state index contributed by atoms with van der Waals surface area (Å²) < 4.78 is 5.65. The van der Waals surface area contributed by atoms with Gasteiger partial charge in [-0.3, -0.25) is 9.69 Å². The van der Waals surface area contributed by atoms with Crippen LogP contribution in [0.3, 0.4) is 0 Å². The van der Waals surface area contributed by atoms with Gasteiger partial charge in [0.05, 0.1) is 0 Å². The van der Waals surface area contributed by atoms with Crippen molar-refractivity contribution in [1.82, 2.24) is 14.7 Å². The number of amides is 2. The van der Waals surface area contributed by atoms with Crippen LogP contribution >= 0.6 is 0 Å². The molecule has 0 bridgehead atoms. The molecule has 174 valence electrons. The maximum absolute atomic E-state index is 12.6. The van der Waals surface area contributed by atoms with Crippen molar-refractivity contribution >= 4 is 12.0 Å². The molecule has 2 unspecified atom stereocenters. The Morgan fingerprint density at radius 3 is 2.70 bits per heavy atom. The molecule has 0 saturated carbocycles. The first-order chi connectivity index (χ1) is 16.0. The molecule has 0 spiro atoms. The number of hydrogen-bond acceptors (Lipinski definition) is 4. The van der Waals surface area contributed by atoms with Crippen LogP contribution in [0.2, 0.25) is 0 Å². The second-order valence-corrected chi connectivity index (χ2v) is 9.71. The molecule has 0 N–H and O–H groups in total. The van der Waals surface area contributed by atoms with Crippen LogP contribution in [0.5, 0.6) is 5.75 Å². The summed E-state index contributed by atoms with van der Waals surface area (Å²) in [4.78, 5) is 30.7. The van der Waals surface area contributed by atoms with Crippen LogP contribution in [-0.4, -0.2) is 66.5 Å². The molecule has 3 aliphatic rings. The van der Waals surface area contributed by atoms with Crippen molar-refractivity contribution in [3.8, 4) is 5.75 Å². The van der Waals surface area contributed by atoms with Gasteiger partial charge in [0.2, 0.25) is 0 Å². The number of carbonyl (C=O) groups is 2. The summed E-state index contributed by atoms with van der Waals surface area (Å²) in [5.74, 6) is 1.42. The Labute approximate surface area is 196 Å². The molecular formula is C27H33N3O3. The van der Waals surface area contributed by atoms with E-state index in [4.69, 9.17) is 4.74 Å². The van der Waals surface area contributed by atoms with Gasteiger partial charge in [0.25, 0.3) is 5.91 Å². The van der Waals surface area contributed by atoms with Crippen LogP contribution in [0.1, 0.15) is 58.6 Å². The molecule has 2 amide bonds. The lowest BCUT2D eigenvalue weighted by molar-refractivity contribution is 0.0773. The minimum absolute atomic E-state index is 0.182. The van der Waals surface area contributed by atoms with E-state index in [1.54, 1.807) is 14.1 Å². The fourth-order valence-corrected chi connectivity index (χ4v) is 5.83. The predicted octanol–water partition coefficient (Wildman–Crippen LogP) is 4.29. The van der Waals surface area contributed by atoms with Crippen molar-refractivity contribution in [3.63, 3.8) is 0 Å². The molecule has 1 aliphatic carbocycles. The van der Waals surface area contributed by atoms with E-state index in [9.17, 15) is 9.59 Å². The van der Waals surface area contributed by atoms with Gasteiger partial charge in [0, 0.05) is 44.7 Å². The highest BCUT2D eigenvalue weighted by Gasteiger charge is 2.39. The van der Waals surface area contributed by atoms with E-state index in [0.717, 1.165) is 75.2 Å². The Balaban J connectivity index is 1.15. The second-order valence-electron chi connectivity index (χ2n) is 9.71. The highest BCUT2D eigenvalue weighted by Crippen LogP contribution is 2.44. The van der Waals surface area contributed by atoms with Gasteiger partial charge >= 0.3 is 6.09 Å². The van der Waals surface area contributed by atoms with Crippen LogP contribution in [0.4, 0.5) is 4.79 Å². The maximum Gasteiger partial charge on any atom is 0.414 e. The van der Waals surface area contributed by atoms with Gasteiger partial charge in [-0.1, -0.05) is 30.3 Å². The zero-order chi connectivity index (χ0) is 22.9. The smallest absolute Gasteiger partial charge is 0.410 e. The minimum Gasteiger partial charge on any atom is -0.410 e. The summed E-state index contributed by atoms with van der Waals surface area (Å²) in [7, 11) is 3.42. The lowest BCUT2D eigenvalue weighted by atomic mass is 9.79. The van der Waals surface area contributed by atoms with Crippen molar-refractivity contribution in [3.05, 3.63) is 64.7 Å². The molecule has 6 heteroatoms. The van der Waals surface area contributed by atoms with Gasteiger partial charge in [-0.05, 0) is 74.0 Å². The molecule has 2 atom stereocenters. The van der Waals surface area contributed by atoms with Gasteiger partial charge in [0.1, 0.15) is 5.75 Å². The largest absolute Gasteiger partial charge is 0.414 e. The minimum atomic E-state index is -0.321. The topological polar surface area (TPSA) is 53.1 Å². The highest BCUT2D eigenvalue weighted by atomic mass is 16.6. The average molecular weight is 448 g/mol. The van der Waals surface area contributed by atoms with E-state index in [2.05, 4.69) is 17.0 Å². The number of carbonyl (C=O) groups excluding carboxylic acids is 2. The molecule has 0 radical (unpaired) electrons. The monoisotopic (exact) mass is 447 g/mol. The molecule has 2 aliphatic heterocycles. The van der Waals surface area contributed by atoms with E-state index in [0.29, 0.717) is 12.0 Å². The third-order valence-electron chi connectivity index (χ3n) is 7.50. The summed E-state index contributed by atoms with van der Waals surface area (Å²) in [5.41, 5.74) is 4.60. The molecule has 2 aromatic rings. The third-order valence-corrected chi connectivity index (χ3v) is 7.50. The number of unbranched alkanes of at least 4 members (excludes halogenated alkanes) is 1. The highest BCUT2D eigenvalue weighted by molar-refractivity contribution is 5.98. The van der Waals surface area contributed by atoms with Gasteiger partial charge in [-0.2, -0.15) is 0 Å². The van der Waals surface area contributed by atoms with Crippen LogP contribution < -0.4 is 4.74 Å². The van der Waals surface area contributed by atoms with Crippen LogP contribution in [0.15, 0.2) is 42.5 Å². The zero-order valence-electron chi connectivity index (χ0n) is 19.6. The molecule has 6 nitrogen and oxygen atoms in total. The summed E-state index contributed by atoms with van der Waals surface area (Å²) in [6.07, 6.45) is 5.03. The molecule has 5 rings (SSSR count). The molecule has 1 fully saturated rings. The number of nitrogens with zero attached hydrogens (tertiary/aromatic N) is 3. The fraction of sp³-hybridized carbons (Fsp3) is 0.481. The standard InChI is InChI=1S/C27H33N3O3/c1-28(2)27(32)33-25-11-7-10-21-22-14-17-29(24(22)13-12-23(21)25)15-5-6-16-30-18-19-8-3-4-9-20(19)26(30)31/h3-4,7-11,22,24H,5-6,12-18H2,1-2H3. The number of hydrogen-bond donors (Lipinski definition) is 0. The van der Waals surface area contributed by atoms with E-state index in [1.165, 1.54) is 16.0 Å². The van der Waals surface area contributed by atoms with Gasteiger partial charge in [-0.15, -0.1) is 0 Å². The number of rotatable bonds is 6. The van der Waals surface area contributed by atoms with Gasteiger partial charge in [0.15, 0.2) is 0 Å². The number of fused-ring (bicyclic) bond motifs is 4. The van der Waals surface area contributed by atoms with Gasteiger partial charge < -0.3 is 14.5 Å². The van der Waals surface area contributed by atoms with Crippen molar-refractivity contribution in [1.29, 1.82) is 0 Å². The van der Waals surface area contributed by atoms with E-state index >= 15 is 0 Å². The Morgan fingerprint density at radius 2 is 1.88 bits per heavy atom. The number of ether oxygens (including phenoxy) is 1. The van der Waals surface area contributed by atoms with Crippen molar-refractivity contribution in [2.75, 3.05) is 33.7 Å². The summed E-state index contributed by atoms with van der Waals surface area (Å²) in [5, 5.41) is 0. The first-order valence-electron chi connectivity index (χ1n) is 12.1. The SMILES string of the molecule is CN(C)C(=O)Oc1cccc2c1CCC1C2CCN1CCCCN1Cc2ccccc2C1=O. The van der Waals surface area contributed by atoms with Crippen molar-refractivity contribution in [2.24, 2.45) is 0 Å². The van der Waals surface area contributed by atoms with Crippen molar-refractivity contribution in [2.45, 2.75) is 50.6 Å². The van der Waals surface area contributed by atoms with Crippen molar-refractivity contribution < 1.29 is 14.3 Å². The molecular weight excluding hydrogens is 414 g/mol.